The summed E-state index contributed by atoms with van der Waals surface area (Å²) in [5.74, 6) is 0.779. The third-order valence-corrected chi connectivity index (χ3v) is 2.89. The third-order valence-electron chi connectivity index (χ3n) is 2.48. The first-order chi connectivity index (χ1) is 8.13. The van der Waals surface area contributed by atoms with Crippen LogP contribution in [0.1, 0.15) is 5.56 Å². The van der Waals surface area contributed by atoms with Crippen LogP contribution in [0.5, 0.6) is 5.75 Å². The molecule has 2 aromatic rings. The molecule has 2 N–H and O–H groups in total. The zero-order chi connectivity index (χ0) is 12.4. The Morgan fingerprint density at radius 2 is 2.06 bits per heavy atom. The normalized spacial score (nSPS) is 10.3. The van der Waals surface area contributed by atoms with Gasteiger partial charge in [0, 0.05) is 10.6 Å². The summed E-state index contributed by atoms with van der Waals surface area (Å²) in [7, 11) is 1.54. The molecule has 0 atom stereocenters. The Balaban J connectivity index is 2.60. The average Bonchev–Trinajstić information content (AvgIpc) is 2.32. The number of benzene rings is 1. The van der Waals surface area contributed by atoms with Crippen molar-refractivity contribution in [3.8, 4) is 17.0 Å². The smallest absolute Gasteiger partial charge is 0.187 e. The Hall–Kier alpha value is -1.81. The van der Waals surface area contributed by atoms with E-state index in [4.69, 9.17) is 22.1 Å². The highest BCUT2D eigenvalue weighted by Crippen LogP contribution is 2.33. The monoisotopic (exact) mass is 249 g/mol. The minimum atomic E-state index is 0.314. The molecule has 0 fully saturated rings. The molecular weight excluding hydrogens is 238 g/mol. The van der Waals surface area contributed by atoms with Crippen LogP contribution in [0.25, 0.3) is 11.3 Å². The molecule has 0 aliphatic carbocycles. The molecule has 17 heavy (non-hydrogen) atoms. The predicted molar refractivity (Wildman–Crippen MR) is 68.2 cm³/mol. The van der Waals surface area contributed by atoms with E-state index in [1.165, 1.54) is 13.4 Å². The summed E-state index contributed by atoms with van der Waals surface area (Å²) in [4.78, 5) is 8.06. The minimum absolute atomic E-state index is 0.314. The maximum absolute atomic E-state index is 6.08. The molecule has 0 unspecified atom stereocenters. The molecule has 0 radical (unpaired) electrons. The number of aryl methyl sites for hydroxylation is 1. The van der Waals surface area contributed by atoms with Crippen LogP contribution in [0.4, 0.5) is 5.82 Å². The molecule has 0 bridgehead atoms. The van der Waals surface area contributed by atoms with E-state index in [-0.39, 0.29) is 0 Å². The molecule has 0 saturated carbocycles. The lowest BCUT2D eigenvalue weighted by atomic mass is 10.1. The van der Waals surface area contributed by atoms with Crippen molar-refractivity contribution in [3.05, 3.63) is 35.1 Å². The second-order valence-corrected chi connectivity index (χ2v) is 4.01. The largest absolute Gasteiger partial charge is 0.491 e. The van der Waals surface area contributed by atoms with E-state index in [9.17, 15) is 0 Å². The third kappa shape index (κ3) is 2.17. The molecule has 88 valence electrons. The summed E-state index contributed by atoms with van der Waals surface area (Å²) in [6.45, 7) is 1.94. The zero-order valence-corrected chi connectivity index (χ0v) is 10.3. The second-order valence-electron chi connectivity index (χ2n) is 3.60. The fourth-order valence-corrected chi connectivity index (χ4v) is 1.71. The minimum Gasteiger partial charge on any atom is -0.491 e. The lowest BCUT2D eigenvalue weighted by molar-refractivity contribution is 0.415. The molecule has 0 saturated heterocycles. The number of nitrogen functional groups attached to an aromatic ring is 1. The van der Waals surface area contributed by atoms with Crippen molar-refractivity contribution >= 4 is 17.4 Å². The Morgan fingerprint density at radius 3 is 2.71 bits per heavy atom. The van der Waals surface area contributed by atoms with Crippen LogP contribution in [-0.4, -0.2) is 17.1 Å². The van der Waals surface area contributed by atoms with E-state index in [0.29, 0.717) is 22.3 Å². The second kappa shape index (κ2) is 4.59. The number of hydrogen-bond donors (Lipinski definition) is 1. The average molecular weight is 250 g/mol. The van der Waals surface area contributed by atoms with Crippen molar-refractivity contribution in [3.63, 3.8) is 0 Å². The van der Waals surface area contributed by atoms with Crippen LogP contribution < -0.4 is 10.5 Å². The Bertz CT molecular complexity index is 557. The number of methoxy groups -OCH3 is 1. The summed E-state index contributed by atoms with van der Waals surface area (Å²) in [6, 6.07) is 5.68. The van der Waals surface area contributed by atoms with Gasteiger partial charge in [0.25, 0.3) is 0 Å². The number of hydrogen-bond acceptors (Lipinski definition) is 4. The molecule has 0 aliphatic rings. The van der Waals surface area contributed by atoms with Crippen LogP contribution in [0.2, 0.25) is 5.02 Å². The van der Waals surface area contributed by atoms with Crippen LogP contribution in [-0.2, 0) is 0 Å². The summed E-state index contributed by atoms with van der Waals surface area (Å²) in [5.41, 5.74) is 8.23. The van der Waals surface area contributed by atoms with E-state index in [0.717, 1.165) is 11.1 Å². The van der Waals surface area contributed by atoms with Gasteiger partial charge >= 0.3 is 0 Å². The van der Waals surface area contributed by atoms with Crippen LogP contribution in [0, 0.1) is 6.92 Å². The first-order valence-corrected chi connectivity index (χ1v) is 5.42. The Morgan fingerprint density at radius 1 is 1.29 bits per heavy atom. The maximum atomic E-state index is 6.08. The van der Waals surface area contributed by atoms with Gasteiger partial charge in [-0.1, -0.05) is 23.7 Å². The number of halogens is 1. The van der Waals surface area contributed by atoms with Gasteiger partial charge in [0.05, 0.1) is 7.11 Å². The topological polar surface area (TPSA) is 61.0 Å². The molecule has 1 heterocycles. The number of nitrogens with two attached hydrogens (primary N) is 1. The van der Waals surface area contributed by atoms with Crippen molar-refractivity contribution in [1.29, 1.82) is 0 Å². The highest BCUT2D eigenvalue weighted by atomic mass is 35.5. The lowest BCUT2D eigenvalue weighted by Gasteiger charge is -2.09. The highest BCUT2D eigenvalue weighted by Gasteiger charge is 2.12. The molecular formula is C12H12ClN3O. The van der Waals surface area contributed by atoms with Crippen molar-refractivity contribution in [2.24, 2.45) is 0 Å². The zero-order valence-electron chi connectivity index (χ0n) is 9.57. The van der Waals surface area contributed by atoms with Gasteiger partial charge in [-0.05, 0) is 18.6 Å². The number of nitrogens with zero attached hydrogens (tertiary/aromatic N) is 2. The first-order valence-electron chi connectivity index (χ1n) is 5.04. The van der Waals surface area contributed by atoms with Gasteiger partial charge in [-0.3, -0.25) is 0 Å². The van der Waals surface area contributed by atoms with Gasteiger partial charge in [-0.15, -0.1) is 0 Å². The summed E-state index contributed by atoms with van der Waals surface area (Å²) < 4.78 is 5.21. The van der Waals surface area contributed by atoms with Crippen LogP contribution in [0.15, 0.2) is 24.5 Å². The standard InChI is InChI=1S/C12H12ClN3O/c1-7-3-4-8(5-9(7)13)10-11(17-2)12(14)16-6-15-10/h3-6H,1-2H3,(H2,14,15,16). The molecule has 4 nitrogen and oxygen atoms in total. The first kappa shape index (κ1) is 11.7. The quantitative estimate of drug-likeness (QED) is 0.889. The van der Waals surface area contributed by atoms with Crippen LogP contribution >= 0.6 is 11.6 Å². The number of rotatable bonds is 2. The van der Waals surface area contributed by atoms with E-state index >= 15 is 0 Å². The number of aromatic nitrogens is 2. The van der Waals surface area contributed by atoms with Crippen molar-refractivity contribution in [2.75, 3.05) is 12.8 Å². The molecule has 5 heteroatoms. The molecule has 0 aliphatic heterocycles. The number of anilines is 1. The van der Waals surface area contributed by atoms with Crippen molar-refractivity contribution in [2.45, 2.75) is 6.92 Å². The van der Waals surface area contributed by atoms with Crippen LogP contribution in [0.3, 0.4) is 0 Å². The van der Waals surface area contributed by atoms with Gasteiger partial charge in [0.1, 0.15) is 12.0 Å². The fourth-order valence-electron chi connectivity index (χ4n) is 1.53. The predicted octanol–water partition coefficient (Wildman–Crippen LogP) is 2.70. The maximum Gasteiger partial charge on any atom is 0.187 e. The van der Waals surface area contributed by atoms with Gasteiger partial charge < -0.3 is 10.5 Å². The molecule has 0 spiro atoms. The fraction of sp³-hybridized carbons (Fsp3) is 0.167. The molecule has 2 rings (SSSR count). The number of ether oxygens (including phenoxy) is 1. The summed E-state index contributed by atoms with van der Waals surface area (Å²) in [6.07, 6.45) is 1.40. The van der Waals surface area contributed by atoms with Gasteiger partial charge in [0.2, 0.25) is 0 Å². The summed E-state index contributed by atoms with van der Waals surface area (Å²) >= 11 is 6.08. The Kier molecular flexibility index (Phi) is 3.15. The van der Waals surface area contributed by atoms with Gasteiger partial charge in [0.15, 0.2) is 11.6 Å². The lowest BCUT2D eigenvalue weighted by Crippen LogP contribution is -1.99. The molecule has 1 aromatic heterocycles. The Labute approximate surface area is 104 Å². The van der Waals surface area contributed by atoms with Gasteiger partial charge in [-0.2, -0.15) is 0 Å². The van der Waals surface area contributed by atoms with Gasteiger partial charge in [-0.25, -0.2) is 9.97 Å². The van der Waals surface area contributed by atoms with E-state index < -0.39 is 0 Å². The van der Waals surface area contributed by atoms with Crippen molar-refractivity contribution in [1.82, 2.24) is 9.97 Å². The molecule has 0 amide bonds. The molecule has 1 aromatic carbocycles. The SMILES string of the molecule is COc1c(N)ncnc1-c1ccc(C)c(Cl)c1. The van der Waals surface area contributed by atoms with E-state index in [2.05, 4.69) is 9.97 Å². The van der Waals surface area contributed by atoms with Crippen molar-refractivity contribution < 1.29 is 4.74 Å². The van der Waals surface area contributed by atoms with E-state index in [1.54, 1.807) is 0 Å². The highest BCUT2D eigenvalue weighted by molar-refractivity contribution is 6.31. The summed E-state index contributed by atoms with van der Waals surface area (Å²) in [5, 5.41) is 0.682. The van der Waals surface area contributed by atoms with E-state index in [1.807, 2.05) is 25.1 Å².